The molecule has 0 saturated carbocycles. The minimum atomic E-state index is -0.724. The van der Waals surface area contributed by atoms with E-state index in [1.54, 1.807) is 0 Å². The number of fused-ring (bicyclic) bond motifs is 1. The molecule has 0 fully saturated rings. The highest BCUT2D eigenvalue weighted by atomic mass is 35.5. The maximum atomic E-state index is 14.0. The molecule has 0 saturated heterocycles. The van der Waals surface area contributed by atoms with Crippen molar-refractivity contribution in [1.82, 2.24) is 4.90 Å². The fourth-order valence-electron chi connectivity index (χ4n) is 3.09. The van der Waals surface area contributed by atoms with Gasteiger partial charge in [-0.1, -0.05) is 41.9 Å². The molecule has 4 nitrogen and oxygen atoms in total. The van der Waals surface area contributed by atoms with Gasteiger partial charge in [-0.3, -0.25) is 4.79 Å². The van der Waals surface area contributed by atoms with E-state index in [2.05, 4.69) is 0 Å². The van der Waals surface area contributed by atoms with Gasteiger partial charge in [0.2, 0.25) is 5.91 Å². The van der Waals surface area contributed by atoms with E-state index in [1.807, 2.05) is 24.3 Å². The van der Waals surface area contributed by atoms with Crippen LogP contribution in [0.3, 0.4) is 0 Å². The van der Waals surface area contributed by atoms with E-state index in [9.17, 15) is 14.0 Å². The standard InChI is InChI=1S/C19H17ClFNO3/c1-25-19(24)17-9-12-5-2-3-6-13(12)11-22(17)18(23)10-14-15(20)7-4-8-16(14)21/h2-8,17H,9-11H2,1H3. The molecule has 1 unspecified atom stereocenters. The number of hydrogen-bond acceptors (Lipinski definition) is 3. The molecule has 1 amide bonds. The summed E-state index contributed by atoms with van der Waals surface area (Å²) in [6, 6.07) is 11.2. The fraction of sp³-hybridized carbons (Fsp3) is 0.263. The average molecular weight is 362 g/mol. The molecule has 2 aromatic rings. The molecule has 0 spiro atoms. The number of carbonyl (C=O) groups excluding carboxylic acids is 2. The van der Waals surface area contributed by atoms with Gasteiger partial charge in [-0.15, -0.1) is 0 Å². The van der Waals surface area contributed by atoms with Gasteiger partial charge in [-0.25, -0.2) is 9.18 Å². The van der Waals surface area contributed by atoms with Gasteiger partial charge >= 0.3 is 5.97 Å². The number of benzene rings is 2. The van der Waals surface area contributed by atoms with Gasteiger partial charge < -0.3 is 9.64 Å². The summed E-state index contributed by atoms with van der Waals surface area (Å²) in [7, 11) is 1.29. The van der Waals surface area contributed by atoms with Gasteiger partial charge in [-0.2, -0.15) is 0 Å². The van der Waals surface area contributed by atoms with E-state index >= 15 is 0 Å². The molecule has 0 aromatic heterocycles. The van der Waals surface area contributed by atoms with Crippen molar-refractivity contribution < 1.29 is 18.7 Å². The Morgan fingerprint density at radius 1 is 1.20 bits per heavy atom. The van der Waals surface area contributed by atoms with Crippen LogP contribution in [0.5, 0.6) is 0 Å². The number of methoxy groups -OCH3 is 1. The molecule has 6 heteroatoms. The number of esters is 1. The van der Waals surface area contributed by atoms with Crippen LogP contribution in [-0.4, -0.2) is 29.9 Å². The highest BCUT2D eigenvalue weighted by molar-refractivity contribution is 6.31. The molecule has 1 heterocycles. The van der Waals surface area contributed by atoms with Crippen LogP contribution in [0.2, 0.25) is 5.02 Å². The largest absolute Gasteiger partial charge is 0.467 e. The summed E-state index contributed by atoms with van der Waals surface area (Å²) in [6.07, 6.45) is 0.167. The van der Waals surface area contributed by atoms with E-state index in [1.165, 1.54) is 30.2 Å². The second-order valence-electron chi connectivity index (χ2n) is 5.91. The van der Waals surface area contributed by atoms with Crippen molar-refractivity contribution in [2.45, 2.75) is 25.4 Å². The summed E-state index contributed by atoms with van der Waals surface area (Å²) >= 11 is 6.02. The Balaban J connectivity index is 1.90. The Labute approximate surface area is 150 Å². The number of amides is 1. The van der Waals surface area contributed by atoms with E-state index in [0.29, 0.717) is 6.42 Å². The third-order valence-electron chi connectivity index (χ3n) is 4.43. The first-order valence-corrected chi connectivity index (χ1v) is 8.26. The molecule has 1 aliphatic rings. The van der Waals surface area contributed by atoms with Crippen molar-refractivity contribution in [2.24, 2.45) is 0 Å². The normalized spacial score (nSPS) is 16.3. The SMILES string of the molecule is COC(=O)C1Cc2ccccc2CN1C(=O)Cc1c(F)cccc1Cl. The lowest BCUT2D eigenvalue weighted by atomic mass is 9.93. The lowest BCUT2D eigenvalue weighted by Gasteiger charge is -2.35. The quantitative estimate of drug-likeness (QED) is 0.789. The van der Waals surface area contributed by atoms with Crippen LogP contribution in [0.1, 0.15) is 16.7 Å². The van der Waals surface area contributed by atoms with E-state index in [4.69, 9.17) is 16.3 Å². The zero-order chi connectivity index (χ0) is 18.0. The summed E-state index contributed by atoms with van der Waals surface area (Å²) in [5.74, 6) is -1.38. The number of hydrogen-bond donors (Lipinski definition) is 0. The number of carbonyl (C=O) groups is 2. The summed E-state index contributed by atoms with van der Waals surface area (Å²) in [4.78, 5) is 26.4. The van der Waals surface area contributed by atoms with E-state index < -0.39 is 17.8 Å². The second kappa shape index (κ2) is 7.23. The van der Waals surface area contributed by atoms with Crippen LogP contribution in [0.25, 0.3) is 0 Å². The molecule has 3 rings (SSSR count). The number of ether oxygens (including phenoxy) is 1. The molecular weight excluding hydrogens is 345 g/mol. The molecular formula is C19H17ClFNO3. The Morgan fingerprint density at radius 3 is 2.60 bits per heavy atom. The first-order valence-electron chi connectivity index (χ1n) is 7.88. The van der Waals surface area contributed by atoms with Gasteiger partial charge in [0.15, 0.2) is 0 Å². The van der Waals surface area contributed by atoms with Crippen molar-refractivity contribution >= 4 is 23.5 Å². The van der Waals surface area contributed by atoms with Crippen molar-refractivity contribution in [3.63, 3.8) is 0 Å². The zero-order valence-electron chi connectivity index (χ0n) is 13.7. The Hall–Kier alpha value is -2.40. The van der Waals surface area contributed by atoms with Crippen molar-refractivity contribution in [3.05, 3.63) is 70.0 Å². The predicted molar refractivity (Wildman–Crippen MR) is 91.6 cm³/mol. The molecule has 130 valence electrons. The zero-order valence-corrected chi connectivity index (χ0v) is 14.4. The van der Waals surface area contributed by atoms with Crippen molar-refractivity contribution in [1.29, 1.82) is 0 Å². The van der Waals surface area contributed by atoms with Gasteiger partial charge in [0.05, 0.1) is 13.5 Å². The maximum Gasteiger partial charge on any atom is 0.328 e. The summed E-state index contributed by atoms with van der Waals surface area (Å²) in [6.45, 7) is 0.279. The third kappa shape index (κ3) is 3.51. The predicted octanol–water partition coefficient (Wildman–Crippen LogP) is 3.15. The number of halogens is 2. The summed E-state index contributed by atoms with van der Waals surface area (Å²) in [5.41, 5.74) is 2.11. The van der Waals surface area contributed by atoms with Gasteiger partial charge in [0.25, 0.3) is 0 Å². The lowest BCUT2D eigenvalue weighted by Crippen LogP contribution is -2.49. The first-order chi connectivity index (χ1) is 12.0. The minimum absolute atomic E-state index is 0.136. The first kappa shape index (κ1) is 17.4. The van der Waals surface area contributed by atoms with E-state index in [0.717, 1.165) is 11.1 Å². The van der Waals surface area contributed by atoms with Crippen LogP contribution >= 0.6 is 11.6 Å². The minimum Gasteiger partial charge on any atom is -0.467 e. The molecule has 25 heavy (non-hydrogen) atoms. The number of nitrogens with zero attached hydrogens (tertiary/aromatic N) is 1. The Kier molecular flexibility index (Phi) is 5.04. The molecule has 1 aliphatic heterocycles. The maximum absolute atomic E-state index is 14.0. The summed E-state index contributed by atoms with van der Waals surface area (Å²) in [5, 5.41) is 0.195. The highest BCUT2D eigenvalue weighted by Gasteiger charge is 2.35. The average Bonchev–Trinajstić information content (AvgIpc) is 2.63. The van der Waals surface area contributed by atoms with Crippen LogP contribution in [0.15, 0.2) is 42.5 Å². The van der Waals surface area contributed by atoms with Gasteiger partial charge in [0, 0.05) is 23.6 Å². The summed E-state index contributed by atoms with van der Waals surface area (Å²) < 4.78 is 18.8. The monoisotopic (exact) mass is 361 g/mol. The molecule has 1 atom stereocenters. The topological polar surface area (TPSA) is 46.6 Å². The van der Waals surface area contributed by atoms with Gasteiger partial charge in [0.1, 0.15) is 11.9 Å². The highest BCUT2D eigenvalue weighted by Crippen LogP contribution is 2.26. The van der Waals surface area contributed by atoms with Crippen LogP contribution in [0, 0.1) is 5.82 Å². The van der Waals surface area contributed by atoms with Crippen molar-refractivity contribution in [3.8, 4) is 0 Å². The third-order valence-corrected chi connectivity index (χ3v) is 4.79. The van der Waals surface area contributed by atoms with E-state index in [-0.39, 0.29) is 29.5 Å². The smallest absolute Gasteiger partial charge is 0.328 e. The Bertz CT molecular complexity index is 804. The van der Waals surface area contributed by atoms with Crippen LogP contribution < -0.4 is 0 Å². The fourth-order valence-corrected chi connectivity index (χ4v) is 3.32. The van der Waals surface area contributed by atoms with Crippen molar-refractivity contribution in [2.75, 3.05) is 7.11 Å². The second-order valence-corrected chi connectivity index (χ2v) is 6.32. The molecule has 2 aromatic carbocycles. The van der Waals surface area contributed by atoms with Crippen LogP contribution in [-0.2, 0) is 33.7 Å². The lowest BCUT2D eigenvalue weighted by molar-refractivity contribution is -0.153. The molecule has 0 bridgehead atoms. The Morgan fingerprint density at radius 2 is 1.92 bits per heavy atom. The number of rotatable bonds is 3. The molecule has 0 radical (unpaired) electrons. The molecule has 0 N–H and O–H groups in total. The van der Waals surface area contributed by atoms with Crippen LogP contribution in [0.4, 0.5) is 4.39 Å². The molecule has 0 aliphatic carbocycles. The van der Waals surface area contributed by atoms with Gasteiger partial charge in [-0.05, 0) is 23.3 Å².